The smallest absolute Gasteiger partial charge is 0.119 e. The topological polar surface area (TPSA) is 44.5 Å². The normalized spacial score (nSPS) is 23.8. The Morgan fingerprint density at radius 3 is 2.67 bits per heavy atom. The molecule has 0 amide bonds. The summed E-state index contributed by atoms with van der Waals surface area (Å²) >= 11 is 0. The Labute approximate surface area is 128 Å². The number of rotatable bonds is 7. The van der Waals surface area contributed by atoms with Crippen molar-refractivity contribution in [3.8, 4) is 5.75 Å². The van der Waals surface area contributed by atoms with E-state index in [4.69, 9.17) is 15.2 Å². The minimum Gasteiger partial charge on any atom is -0.494 e. The lowest BCUT2D eigenvalue weighted by molar-refractivity contribution is 0.00851. The zero-order chi connectivity index (χ0) is 15.1. The van der Waals surface area contributed by atoms with Gasteiger partial charge in [0, 0.05) is 0 Å². The number of ether oxygens (including phenoxy) is 2. The Bertz CT molecular complexity index is 404. The fourth-order valence-electron chi connectivity index (χ4n) is 2.90. The van der Waals surface area contributed by atoms with Gasteiger partial charge in [0.05, 0.1) is 25.4 Å². The van der Waals surface area contributed by atoms with Gasteiger partial charge in [-0.2, -0.15) is 0 Å². The summed E-state index contributed by atoms with van der Waals surface area (Å²) in [6, 6.07) is 8.02. The zero-order valence-corrected chi connectivity index (χ0v) is 13.4. The molecule has 2 rings (SSSR count). The molecular weight excluding hydrogens is 262 g/mol. The van der Waals surface area contributed by atoms with Crippen LogP contribution in [-0.2, 0) is 4.74 Å². The van der Waals surface area contributed by atoms with E-state index in [0.717, 1.165) is 30.3 Å². The number of hydrogen-bond acceptors (Lipinski definition) is 3. The predicted molar refractivity (Wildman–Crippen MR) is 86.5 cm³/mol. The maximum atomic E-state index is 6.23. The molecule has 3 atom stereocenters. The van der Waals surface area contributed by atoms with Crippen LogP contribution < -0.4 is 10.5 Å². The minimum atomic E-state index is -0.0533. The van der Waals surface area contributed by atoms with Crippen molar-refractivity contribution < 1.29 is 9.47 Å². The molecule has 1 aromatic carbocycles. The highest BCUT2D eigenvalue weighted by atomic mass is 16.5. The van der Waals surface area contributed by atoms with E-state index in [1.54, 1.807) is 0 Å². The molecule has 1 aromatic rings. The van der Waals surface area contributed by atoms with Gasteiger partial charge in [-0.15, -0.1) is 0 Å². The van der Waals surface area contributed by atoms with Gasteiger partial charge in [-0.3, -0.25) is 0 Å². The molecule has 118 valence electrons. The van der Waals surface area contributed by atoms with Crippen LogP contribution in [-0.4, -0.2) is 19.3 Å². The molecule has 3 unspecified atom stereocenters. The zero-order valence-electron chi connectivity index (χ0n) is 13.4. The number of nitrogens with two attached hydrogens (primary N) is 1. The highest BCUT2D eigenvalue weighted by molar-refractivity contribution is 5.29. The first-order valence-corrected chi connectivity index (χ1v) is 8.29. The molecular formula is C18H29NO2. The molecule has 1 aliphatic rings. The first-order chi connectivity index (χ1) is 10.2. The predicted octanol–water partition coefficient (Wildman–Crippen LogP) is 4.07. The quantitative estimate of drug-likeness (QED) is 0.823. The van der Waals surface area contributed by atoms with Gasteiger partial charge in [0.2, 0.25) is 0 Å². The summed E-state index contributed by atoms with van der Waals surface area (Å²) in [5, 5.41) is 0. The molecule has 2 N–H and O–H groups in total. The third kappa shape index (κ3) is 5.33. The van der Waals surface area contributed by atoms with Crippen LogP contribution in [0.3, 0.4) is 0 Å². The molecule has 0 spiro atoms. The van der Waals surface area contributed by atoms with Gasteiger partial charge in [0.15, 0.2) is 0 Å². The monoisotopic (exact) mass is 291 g/mol. The Morgan fingerprint density at radius 1 is 1.24 bits per heavy atom. The molecule has 0 aliphatic heterocycles. The van der Waals surface area contributed by atoms with Crippen molar-refractivity contribution >= 4 is 0 Å². The molecule has 0 radical (unpaired) electrons. The summed E-state index contributed by atoms with van der Waals surface area (Å²) in [5.74, 6) is 1.70. The van der Waals surface area contributed by atoms with Crippen LogP contribution in [0.4, 0.5) is 0 Å². The lowest BCUT2D eigenvalue weighted by atomic mass is 9.89. The van der Waals surface area contributed by atoms with E-state index in [2.05, 4.69) is 13.8 Å². The average Bonchev–Trinajstić information content (AvgIpc) is 2.51. The minimum absolute atomic E-state index is 0.0533. The maximum Gasteiger partial charge on any atom is 0.119 e. The average molecular weight is 291 g/mol. The first kappa shape index (κ1) is 16.3. The molecule has 0 saturated heterocycles. The van der Waals surface area contributed by atoms with Crippen LogP contribution in [0.2, 0.25) is 0 Å². The van der Waals surface area contributed by atoms with Gasteiger partial charge in [-0.25, -0.2) is 0 Å². The Kier molecular flexibility index (Phi) is 6.52. The molecule has 0 heterocycles. The fraction of sp³-hybridized carbons (Fsp3) is 0.667. The molecule has 0 aromatic heterocycles. The molecule has 1 aliphatic carbocycles. The van der Waals surface area contributed by atoms with Crippen molar-refractivity contribution in [3.05, 3.63) is 29.8 Å². The van der Waals surface area contributed by atoms with Crippen LogP contribution in [0.25, 0.3) is 0 Å². The first-order valence-electron chi connectivity index (χ1n) is 8.29. The second-order valence-electron chi connectivity index (χ2n) is 6.25. The molecule has 3 heteroatoms. The Hall–Kier alpha value is -1.06. The third-order valence-corrected chi connectivity index (χ3v) is 4.18. The van der Waals surface area contributed by atoms with Crippen molar-refractivity contribution in [2.75, 3.05) is 13.2 Å². The standard InChI is InChI=1S/C18H29NO2/c1-3-11-20-16-9-7-15(8-10-16)18(19)13-21-17-6-4-5-14(2)12-17/h7-10,14,17-18H,3-6,11-13,19H2,1-2H3. The van der Waals surface area contributed by atoms with Gasteiger partial charge in [0.1, 0.15) is 5.75 Å². The Balaban J connectivity index is 1.78. The summed E-state index contributed by atoms with van der Waals surface area (Å²) in [6.07, 6.45) is 6.40. The van der Waals surface area contributed by atoms with E-state index in [-0.39, 0.29) is 6.04 Å². The SMILES string of the molecule is CCCOc1ccc(C(N)COC2CCCC(C)C2)cc1. The van der Waals surface area contributed by atoms with Crippen LogP contribution >= 0.6 is 0 Å². The summed E-state index contributed by atoms with van der Waals surface area (Å²) in [4.78, 5) is 0. The summed E-state index contributed by atoms with van der Waals surface area (Å²) in [6.45, 7) is 5.78. The van der Waals surface area contributed by atoms with Gasteiger partial charge in [-0.1, -0.05) is 38.8 Å². The van der Waals surface area contributed by atoms with Gasteiger partial charge >= 0.3 is 0 Å². The second kappa shape index (κ2) is 8.40. The Morgan fingerprint density at radius 2 is 2.00 bits per heavy atom. The van der Waals surface area contributed by atoms with E-state index < -0.39 is 0 Å². The molecule has 3 nitrogen and oxygen atoms in total. The van der Waals surface area contributed by atoms with E-state index >= 15 is 0 Å². The van der Waals surface area contributed by atoms with Gasteiger partial charge in [0.25, 0.3) is 0 Å². The van der Waals surface area contributed by atoms with Crippen molar-refractivity contribution in [2.24, 2.45) is 11.7 Å². The van der Waals surface area contributed by atoms with Gasteiger partial charge < -0.3 is 15.2 Å². The van der Waals surface area contributed by atoms with Crippen LogP contribution in [0.15, 0.2) is 24.3 Å². The van der Waals surface area contributed by atoms with E-state index in [1.807, 2.05) is 24.3 Å². The highest BCUT2D eigenvalue weighted by Crippen LogP contribution is 2.26. The lowest BCUT2D eigenvalue weighted by Crippen LogP contribution is -2.26. The molecule has 1 fully saturated rings. The van der Waals surface area contributed by atoms with Crippen LogP contribution in [0, 0.1) is 5.92 Å². The van der Waals surface area contributed by atoms with Gasteiger partial charge in [-0.05, 0) is 42.9 Å². The van der Waals surface area contributed by atoms with E-state index in [1.165, 1.54) is 25.7 Å². The molecule has 0 bridgehead atoms. The van der Waals surface area contributed by atoms with Crippen molar-refractivity contribution in [3.63, 3.8) is 0 Å². The van der Waals surface area contributed by atoms with E-state index in [9.17, 15) is 0 Å². The van der Waals surface area contributed by atoms with Crippen molar-refractivity contribution in [1.29, 1.82) is 0 Å². The maximum absolute atomic E-state index is 6.23. The fourth-order valence-corrected chi connectivity index (χ4v) is 2.90. The summed E-state index contributed by atoms with van der Waals surface area (Å²) in [5.41, 5.74) is 7.34. The summed E-state index contributed by atoms with van der Waals surface area (Å²) in [7, 11) is 0. The van der Waals surface area contributed by atoms with Crippen LogP contribution in [0.1, 0.15) is 57.6 Å². The lowest BCUT2D eigenvalue weighted by Gasteiger charge is -2.28. The van der Waals surface area contributed by atoms with E-state index in [0.29, 0.717) is 12.7 Å². The molecule has 21 heavy (non-hydrogen) atoms. The van der Waals surface area contributed by atoms with Crippen molar-refractivity contribution in [1.82, 2.24) is 0 Å². The third-order valence-electron chi connectivity index (χ3n) is 4.18. The highest BCUT2D eigenvalue weighted by Gasteiger charge is 2.20. The number of hydrogen-bond donors (Lipinski definition) is 1. The second-order valence-corrected chi connectivity index (χ2v) is 6.25. The number of benzene rings is 1. The van der Waals surface area contributed by atoms with Crippen LogP contribution in [0.5, 0.6) is 5.75 Å². The summed E-state index contributed by atoms with van der Waals surface area (Å²) < 4.78 is 11.6. The van der Waals surface area contributed by atoms with Crippen molar-refractivity contribution in [2.45, 2.75) is 58.1 Å². The largest absolute Gasteiger partial charge is 0.494 e. The molecule has 1 saturated carbocycles.